The van der Waals surface area contributed by atoms with Crippen LogP contribution in [0.3, 0.4) is 0 Å². The summed E-state index contributed by atoms with van der Waals surface area (Å²) in [5.74, 6) is 2.40. The number of halogens is 1. The molecule has 2 aromatic heterocycles. The van der Waals surface area contributed by atoms with Gasteiger partial charge in [0.15, 0.2) is 5.65 Å². The van der Waals surface area contributed by atoms with E-state index in [2.05, 4.69) is 71.3 Å². The molecule has 1 fully saturated rings. The number of benzene rings is 1. The number of aromatic nitrogens is 3. The number of nitriles is 1. The number of piperidine rings is 1. The van der Waals surface area contributed by atoms with E-state index < -0.39 is 0 Å². The molecule has 1 aliphatic rings. The molecule has 1 aromatic carbocycles. The first kappa shape index (κ1) is 21.8. The minimum absolute atomic E-state index is 0.554. The maximum Gasteiger partial charge on any atom is 0.150 e. The third kappa shape index (κ3) is 3.96. The van der Waals surface area contributed by atoms with E-state index in [4.69, 9.17) is 15.2 Å². The minimum atomic E-state index is 0.554. The highest BCUT2D eigenvalue weighted by atomic mass is 79.9. The van der Waals surface area contributed by atoms with Crippen molar-refractivity contribution in [1.82, 2.24) is 14.5 Å². The molecule has 1 saturated heterocycles. The Bertz CT molecular complexity index is 1160. The summed E-state index contributed by atoms with van der Waals surface area (Å²) in [6, 6.07) is 6.65. The first-order chi connectivity index (χ1) is 14.8. The molecule has 0 aliphatic carbocycles. The molecule has 3 heterocycles. The summed E-state index contributed by atoms with van der Waals surface area (Å²) in [5.41, 5.74) is 7.09. The molecule has 0 saturated carbocycles. The van der Waals surface area contributed by atoms with E-state index in [0.717, 1.165) is 53.1 Å². The van der Waals surface area contributed by atoms with Crippen LogP contribution in [-0.2, 0) is 0 Å². The van der Waals surface area contributed by atoms with Crippen LogP contribution in [0.25, 0.3) is 16.7 Å². The number of fused-ring (bicyclic) bond motifs is 1. The Labute approximate surface area is 193 Å². The molecule has 1 unspecified atom stereocenters. The maximum absolute atomic E-state index is 9.01. The summed E-state index contributed by atoms with van der Waals surface area (Å²) in [5, 5.41) is 10.2. The van der Waals surface area contributed by atoms with Crippen molar-refractivity contribution < 1.29 is 0 Å². The largest absolute Gasteiger partial charge is 0.356 e. The standard InChI is InChI=1S/C25H30BrN5/c1-15-12-21(26)13-16(2)23(15)31-18(4)17(3)22-24(28-19(5)29-25(22)31)30-11-7-9-20(14-30)8-6-10-27/h12-13,20H,6-9,11,14H2,1-5H3. The predicted octanol–water partition coefficient (Wildman–Crippen LogP) is 6.25. The van der Waals surface area contributed by atoms with Gasteiger partial charge in [-0.15, -0.1) is 0 Å². The highest BCUT2D eigenvalue weighted by Crippen LogP contribution is 2.37. The van der Waals surface area contributed by atoms with Crippen LogP contribution in [0.15, 0.2) is 16.6 Å². The van der Waals surface area contributed by atoms with E-state index in [9.17, 15) is 0 Å². The van der Waals surface area contributed by atoms with Crippen molar-refractivity contribution in [3.63, 3.8) is 0 Å². The quantitative estimate of drug-likeness (QED) is 0.443. The molecule has 6 heteroatoms. The van der Waals surface area contributed by atoms with Crippen molar-refractivity contribution in [3.05, 3.63) is 44.8 Å². The first-order valence-corrected chi connectivity index (χ1v) is 11.9. The third-order valence-corrected chi connectivity index (χ3v) is 7.07. The zero-order valence-electron chi connectivity index (χ0n) is 19.1. The van der Waals surface area contributed by atoms with Gasteiger partial charge in [0.05, 0.1) is 17.1 Å². The summed E-state index contributed by atoms with van der Waals surface area (Å²) in [4.78, 5) is 12.3. The Hall–Kier alpha value is -2.39. The van der Waals surface area contributed by atoms with Crippen LogP contribution in [0, 0.1) is 51.9 Å². The summed E-state index contributed by atoms with van der Waals surface area (Å²) < 4.78 is 3.41. The lowest BCUT2D eigenvalue weighted by molar-refractivity contribution is 0.394. The normalized spacial score (nSPS) is 16.7. The molecule has 4 rings (SSSR count). The van der Waals surface area contributed by atoms with Gasteiger partial charge in [-0.25, -0.2) is 9.97 Å². The van der Waals surface area contributed by atoms with Crippen LogP contribution < -0.4 is 4.90 Å². The van der Waals surface area contributed by atoms with E-state index in [-0.39, 0.29) is 0 Å². The van der Waals surface area contributed by atoms with Crippen molar-refractivity contribution in [2.75, 3.05) is 18.0 Å². The Morgan fingerprint density at radius 1 is 1.13 bits per heavy atom. The molecule has 0 bridgehead atoms. The van der Waals surface area contributed by atoms with E-state index >= 15 is 0 Å². The van der Waals surface area contributed by atoms with Gasteiger partial charge in [-0.05, 0) is 88.6 Å². The molecule has 162 valence electrons. The second kappa shape index (κ2) is 8.63. The highest BCUT2D eigenvalue weighted by molar-refractivity contribution is 9.10. The third-order valence-electron chi connectivity index (χ3n) is 6.61. The van der Waals surface area contributed by atoms with E-state index in [1.165, 1.54) is 34.5 Å². The molecular formula is C25H30BrN5. The van der Waals surface area contributed by atoms with Crippen molar-refractivity contribution in [2.45, 2.75) is 60.3 Å². The second-order valence-corrected chi connectivity index (χ2v) is 9.79. The Kier molecular flexibility index (Phi) is 6.07. The average Bonchev–Trinajstić information content (AvgIpc) is 2.96. The average molecular weight is 480 g/mol. The zero-order chi connectivity index (χ0) is 22.3. The number of nitrogens with zero attached hydrogens (tertiary/aromatic N) is 5. The minimum Gasteiger partial charge on any atom is -0.356 e. The number of aryl methyl sites for hydroxylation is 4. The lowest BCUT2D eigenvalue weighted by Gasteiger charge is -2.34. The van der Waals surface area contributed by atoms with Crippen LogP contribution >= 0.6 is 15.9 Å². The van der Waals surface area contributed by atoms with E-state index in [0.29, 0.717) is 12.3 Å². The van der Waals surface area contributed by atoms with Gasteiger partial charge in [0, 0.05) is 29.7 Å². The van der Waals surface area contributed by atoms with Gasteiger partial charge in [-0.2, -0.15) is 5.26 Å². The molecule has 0 spiro atoms. The summed E-state index contributed by atoms with van der Waals surface area (Å²) in [6.45, 7) is 12.7. The van der Waals surface area contributed by atoms with Gasteiger partial charge in [0.1, 0.15) is 11.6 Å². The molecule has 0 N–H and O–H groups in total. The van der Waals surface area contributed by atoms with Gasteiger partial charge in [-0.3, -0.25) is 4.57 Å². The van der Waals surface area contributed by atoms with Gasteiger partial charge in [0.25, 0.3) is 0 Å². The lowest BCUT2D eigenvalue weighted by atomic mass is 9.93. The fourth-order valence-corrected chi connectivity index (χ4v) is 5.75. The predicted molar refractivity (Wildman–Crippen MR) is 130 cm³/mol. The van der Waals surface area contributed by atoms with Gasteiger partial charge in [-0.1, -0.05) is 15.9 Å². The Morgan fingerprint density at radius 3 is 2.52 bits per heavy atom. The molecule has 1 aliphatic heterocycles. The topological polar surface area (TPSA) is 57.7 Å². The Morgan fingerprint density at radius 2 is 1.84 bits per heavy atom. The van der Waals surface area contributed by atoms with E-state index in [1.54, 1.807) is 0 Å². The van der Waals surface area contributed by atoms with Crippen molar-refractivity contribution in [2.24, 2.45) is 5.92 Å². The van der Waals surface area contributed by atoms with Gasteiger partial charge >= 0.3 is 0 Å². The molecule has 1 atom stereocenters. The monoisotopic (exact) mass is 479 g/mol. The molecule has 5 nitrogen and oxygen atoms in total. The van der Waals surface area contributed by atoms with Gasteiger partial charge in [0.2, 0.25) is 0 Å². The molecule has 3 aromatic rings. The fourth-order valence-electron chi connectivity index (χ4n) is 5.07. The number of hydrogen-bond acceptors (Lipinski definition) is 4. The van der Waals surface area contributed by atoms with Gasteiger partial charge < -0.3 is 4.90 Å². The number of hydrogen-bond donors (Lipinski definition) is 0. The van der Waals surface area contributed by atoms with Crippen LogP contribution in [0.2, 0.25) is 0 Å². The van der Waals surface area contributed by atoms with Crippen molar-refractivity contribution in [3.8, 4) is 11.8 Å². The smallest absolute Gasteiger partial charge is 0.150 e. The number of anilines is 1. The zero-order valence-corrected chi connectivity index (χ0v) is 20.7. The van der Waals surface area contributed by atoms with Crippen molar-refractivity contribution in [1.29, 1.82) is 5.26 Å². The van der Waals surface area contributed by atoms with Crippen LogP contribution in [0.5, 0.6) is 0 Å². The molecule has 0 amide bonds. The SMILES string of the molecule is Cc1nc(N2CCCC(CCC#N)C2)c2c(C)c(C)n(-c3c(C)cc(Br)cc3C)c2n1. The first-order valence-electron chi connectivity index (χ1n) is 11.1. The second-order valence-electron chi connectivity index (χ2n) is 8.88. The lowest BCUT2D eigenvalue weighted by Crippen LogP contribution is -2.36. The van der Waals surface area contributed by atoms with E-state index in [1.807, 2.05) is 6.92 Å². The Balaban J connectivity index is 1.90. The number of rotatable bonds is 4. The van der Waals surface area contributed by atoms with Crippen LogP contribution in [0.1, 0.15) is 53.9 Å². The summed E-state index contributed by atoms with van der Waals surface area (Å²) in [6.07, 6.45) is 3.94. The highest BCUT2D eigenvalue weighted by Gasteiger charge is 2.26. The molecule has 31 heavy (non-hydrogen) atoms. The summed E-state index contributed by atoms with van der Waals surface area (Å²) in [7, 11) is 0. The molecule has 0 radical (unpaired) electrons. The van der Waals surface area contributed by atoms with Crippen LogP contribution in [0.4, 0.5) is 5.82 Å². The summed E-state index contributed by atoms with van der Waals surface area (Å²) >= 11 is 3.63. The van der Waals surface area contributed by atoms with Crippen molar-refractivity contribution >= 4 is 32.8 Å². The fraction of sp³-hybridized carbons (Fsp3) is 0.480. The maximum atomic E-state index is 9.01. The van der Waals surface area contributed by atoms with Crippen LogP contribution in [-0.4, -0.2) is 27.6 Å². The molecular weight excluding hydrogens is 450 g/mol.